The molecule has 1 N–H and O–H groups in total. The summed E-state index contributed by atoms with van der Waals surface area (Å²) in [6.07, 6.45) is 0. The fourth-order valence-electron chi connectivity index (χ4n) is 1.94. The number of ether oxygens (including phenoxy) is 1. The summed E-state index contributed by atoms with van der Waals surface area (Å²) in [6.45, 7) is 3.71. The van der Waals surface area contributed by atoms with Crippen molar-refractivity contribution in [3.8, 4) is 0 Å². The smallest absolute Gasteiger partial charge is 0.125 e. The number of nitrogens with one attached hydrogen (secondary N) is 1. The molecular formula is C16H17ClFNO. The van der Waals surface area contributed by atoms with Crippen LogP contribution in [-0.4, -0.2) is 6.61 Å². The molecule has 0 unspecified atom stereocenters. The van der Waals surface area contributed by atoms with Gasteiger partial charge < -0.3 is 10.1 Å². The van der Waals surface area contributed by atoms with Crippen molar-refractivity contribution in [1.82, 2.24) is 0 Å². The summed E-state index contributed by atoms with van der Waals surface area (Å²) >= 11 is 5.84. The standard InChI is InChI=1S/C16H17ClFNO/c1-2-20-11-13-5-3-4-6-16(13)19-10-12-7-14(17)9-15(18)8-12/h3-9,19H,2,10-11H2,1H3. The van der Waals surface area contributed by atoms with Crippen LogP contribution in [0.3, 0.4) is 0 Å². The van der Waals surface area contributed by atoms with Gasteiger partial charge in [-0.25, -0.2) is 4.39 Å². The minimum atomic E-state index is -0.322. The summed E-state index contributed by atoms with van der Waals surface area (Å²) in [7, 11) is 0. The highest BCUT2D eigenvalue weighted by Crippen LogP contribution is 2.19. The highest BCUT2D eigenvalue weighted by molar-refractivity contribution is 6.30. The predicted octanol–water partition coefficient (Wildman–Crippen LogP) is 4.63. The molecule has 0 saturated heterocycles. The van der Waals surface area contributed by atoms with Gasteiger partial charge in [-0.05, 0) is 36.8 Å². The number of rotatable bonds is 6. The van der Waals surface area contributed by atoms with Gasteiger partial charge in [-0.15, -0.1) is 0 Å². The van der Waals surface area contributed by atoms with E-state index in [-0.39, 0.29) is 5.82 Å². The molecule has 0 aliphatic carbocycles. The highest BCUT2D eigenvalue weighted by Gasteiger charge is 2.03. The second kappa shape index (κ2) is 7.27. The number of halogens is 2. The lowest BCUT2D eigenvalue weighted by Gasteiger charge is -2.12. The Morgan fingerprint density at radius 2 is 2.00 bits per heavy atom. The van der Waals surface area contributed by atoms with Gasteiger partial charge in [-0.2, -0.15) is 0 Å². The SMILES string of the molecule is CCOCc1ccccc1NCc1cc(F)cc(Cl)c1. The van der Waals surface area contributed by atoms with Crippen molar-refractivity contribution in [2.45, 2.75) is 20.1 Å². The molecule has 2 nitrogen and oxygen atoms in total. The minimum Gasteiger partial charge on any atom is -0.381 e. The Balaban J connectivity index is 2.06. The lowest BCUT2D eigenvalue weighted by Crippen LogP contribution is -2.04. The summed E-state index contributed by atoms with van der Waals surface area (Å²) in [5, 5.41) is 3.69. The molecule has 0 aliphatic rings. The maximum atomic E-state index is 13.3. The molecule has 2 rings (SSSR count). The molecule has 20 heavy (non-hydrogen) atoms. The normalized spacial score (nSPS) is 10.6. The average molecular weight is 294 g/mol. The van der Waals surface area contributed by atoms with Gasteiger partial charge in [0.1, 0.15) is 5.82 Å². The lowest BCUT2D eigenvalue weighted by atomic mass is 10.1. The molecule has 2 aromatic carbocycles. The summed E-state index contributed by atoms with van der Waals surface area (Å²) in [4.78, 5) is 0. The molecule has 0 fully saturated rings. The van der Waals surface area contributed by atoms with E-state index < -0.39 is 0 Å². The molecule has 0 bridgehead atoms. The molecule has 0 aromatic heterocycles. The zero-order valence-corrected chi connectivity index (χ0v) is 12.1. The molecule has 4 heteroatoms. The predicted molar refractivity (Wildman–Crippen MR) is 80.5 cm³/mol. The number of para-hydroxylation sites is 1. The number of hydrogen-bond donors (Lipinski definition) is 1. The lowest BCUT2D eigenvalue weighted by molar-refractivity contribution is 0.134. The van der Waals surface area contributed by atoms with E-state index >= 15 is 0 Å². The second-order valence-corrected chi connectivity index (χ2v) is 4.86. The summed E-state index contributed by atoms with van der Waals surface area (Å²) in [5.74, 6) is -0.322. The third-order valence-corrected chi connectivity index (χ3v) is 3.10. The topological polar surface area (TPSA) is 21.3 Å². The molecule has 106 valence electrons. The molecule has 0 radical (unpaired) electrons. The Labute approximate surface area is 123 Å². The monoisotopic (exact) mass is 293 g/mol. The Bertz CT molecular complexity index is 554. The summed E-state index contributed by atoms with van der Waals surface area (Å²) < 4.78 is 18.7. The van der Waals surface area contributed by atoms with Crippen molar-refractivity contribution in [3.05, 3.63) is 64.4 Å². The fourth-order valence-corrected chi connectivity index (χ4v) is 2.19. The Kier molecular flexibility index (Phi) is 5.39. The maximum absolute atomic E-state index is 13.3. The van der Waals surface area contributed by atoms with Gasteiger partial charge in [-0.1, -0.05) is 29.8 Å². The molecule has 0 heterocycles. The van der Waals surface area contributed by atoms with Crippen LogP contribution >= 0.6 is 11.6 Å². The van der Waals surface area contributed by atoms with E-state index in [4.69, 9.17) is 16.3 Å². The molecule has 0 aliphatic heterocycles. The van der Waals surface area contributed by atoms with Crippen LogP contribution in [0.5, 0.6) is 0 Å². The van der Waals surface area contributed by atoms with Gasteiger partial charge in [0.2, 0.25) is 0 Å². The number of anilines is 1. The first-order valence-electron chi connectivity index (χ1n) is 6.53. The van der Waals surface area contributed by atoms with Gasteiger partial charge in [0.15, 0.2) is 0 Å². The van der Waals surface area contributed by atoms with Gasteiger partial charge in [0.05, 0.1) is 6.61 Å². The Morgan fingerprint density at radius 1 is 1.20 bits per heavy atom. The van der Waals surface area contributed by atoms with E-state index in [2.05, 4.69) is 5.32 Å². The molecule has 0 spiro atoms. The highest BCUT2D eigenvalue weighted by atomic mass is 35.5. The Hall–Kier alpha value is -1.58. The van der Waals surface area contributed by atoms with Crippen LogP contribution in [-0.2, 0) is 17.9 Å². The summed E-state index contributed by atoms with van der Waals surface area (Å²) in [5.41, 5.74) is 2.87. The van der Waals surface area contributed by atoms with Crippen molar-refractivity contribution >= 4 is 17.3 Å². The first kappa shape index (κ1) is 14.8. The maximum Gasteiger partial charge on any atom is 0.125 e. The first-order chi connectivity index (χ1) is 9.69. The van der Waals surface area contributed by atoms with Crippen LogP contribution in [0.1, 0.15) is 18.1 Å². The van der Waals surface area contributed by atoms with Crippen LogP contribution < -0.4 is 5.32 Å². The largest absolute Gasteiger partial charge is 0.381 e. The van der Waals surface area contributed by atoms with Crippen molar-refractivity contribution in [3.63, 3.8) is 0 Å². The first-order valence-corrected chi connectivity index (χ1v) is 6.91. The van der Waals surface area contributed by atoms with Crippen LogP contribution in [0, 0.1) is 5.82 Å². The quantitative estimate of drug-likeness (QED) is 0.838. The van der Waals surface area contributed by atoms with Crippen molar-refractivity contribution < 1.29 is 9.13 Å². The van der Waals surface area contributed by atoms with Gasteiger partial charge >= 0.3 is 0 Å². The zero-order chi connectivity index (χ0) is 14.4. The molecule has 0 atom stereocenters. The third kappa shape index (κ3) is 4.22. The number of benzene rings is 2. The van der Waals surface area contributed by atoms with E-state index in [9.17, 15) is 4.39 Å². The minimum absolute atomic E-state index is 0.322. The van der Waals surface area contributed by atoms with E-state index in [0.29, 0.717) is 24.8 Å². The van der Waals surface area contributed by atoms with Crippen molar-refractivity contribution in [2.24, 2.45) is 0 Å². The Morgan fingerprint density at radius 3 is 2.75 bits per heavy atom. The van der Waals surface area contributed by atoms with Crippen LogP contribution in [0.15, 0.2) is 42.5 Å². The zero-order valence-electron chi connectivity index (χ0n) is 11.3. The summed E-state index contributed by atoms with van der Waals surface area (Å²) in [6, 6.07) is 12.4. The fraction of sp³-hybridized carbons (Fsp3) is 0.250. The number of hydrogen-bond acceptors (Lipinski definition) is 2. The molecule has 0 saturated carbocycles. The molecule has 0 amide bonds. The van der Waals surface area contributed by atoms with E-state index in [0.717, 1.165) is 16.8 Å². The van der Waals surface area contributed by atoms with Crippen molar-refractivity contribution in [1.29, 1.82) is 0 Å². The van der Waals surface area contributed by atoms with E-state index in [1.165, 1.54) is 12.1 Å². The average Bonchev–Trinajstić information content (AvgIpc) is 2.43. The second-order valence-electron chi connectivity index (χ2n) is 4.43. The van der Waals surface area contributed by atoms with Crippen LogP contribution in [0.4, 0.5) is 10.1 Å². The van der Waals surface area contributed by atoms with Gasteiger partial charge in [-0.3, -0.25) is 0 Å². The van der Waals surface area contributed by atoms with Crippen LogP contribution in [0.25, 0.3) is 0 Å². The van der Waals surface area contributed by atoms with E-state index in [1.54, 1.807) is 6.07 Å². The van der Waals surface area contributed by atoms with Crippen LogP contribution in [0.2, 0.25) is 5.02 Å². The van der Waals surface area contributed by atoms with Gasteiger partial charge in [0, 0.05) is 29.4 Å². The van der Waals surface area contributed by atoms with E-state index in [1.807, 2.05) is 31.2 Å². The molecule has 2 aromatic rings. The molecular weight excluding hydrogens is 277 g/mol. The van der Waals surface area contributed by atoms with Crippen molar-refractivity contribution in [2.75, 3.05) is 11.9 Å². The third-order valence-electron chi connectivity index (χ3n) is 2.88. The van der Waals surface area contributed by atoms with Gasteiger partial charge in [0.25, 0.3) is 0 Å².